The number of aromatic nitrogens is 3. The molecule has 0 saturated carbocycles. The van der Waals surface area contributed by atoms with Crippen LogP contribution in [0.1, 0.15) is 19.7 Å². The van der Waals surface area contributed by atoms with Crippen molar-refractivity contribution < 1.29 is 19.3 Å². The Morgan fingerprint density at radius 2 is 2.17 bits per heavy atom. The number of rotatable bonds is 9. The van der Waals surface area contributed by atoms with Crippen molar-refractivity contribution in [3.05, 3.63) is 66.7 Å². The third kappa shape index (κ3) is 4.58. The van der Waals surface area contributed by atoms with Gasteiger partial charge in [0.25, 0.3) is 0 Å². The Kier molecular flexibility index (Phi) is 6.20. The van der Waals surface area contributed by atoms with Crippen molar-refractivity contribution in [3.63, 3.8) is 0 Å². The van der Waals surface area contributed by atoms with Crippen molar-refractivity contribution in [2.75, 3.05) is 19.7 Å². The van der Waals surface area contributed by atoms with Crippen LogP contribution in [0.4, 0.5) is 0 Å². The van der Waals surface area contributed by atoms with Gasteiger partial charge >= 0.3 is 5.97 Å². The second kappa shape index (κ2) is 9.19. The highest BCUT2D eigenvalue weighted by atomic mass is 32.2. The first-order chi connectivity index (χ1) is 14.8. The van der Waals surface area contributed by atoms with Crippen LogP contribution < -0.4 is 0 Å². The summed E-state index contributed by atoms with van der Waals surface area (Å²) < 4.78 is 42.2. The molecule has 0 saturated heterocycles. The van der Waals surface area contributed by atoms with E-state index < -0.39 is 22.5 Å². The summed E-state index contributed by atoms with van der Waals surface area (Å²) in [7, 11) is -4.08. The van der Waals surface area contributed by atoms with E-state index in [1.807, 2.05) is 17.6 Å². The lowest BCUT2D eigenvalue weighted by molar-refractivity contribution is -0.143. The fraction of sp³-hybridized carbons (Fsp3) is 0.286. The van der Waals surface area contributed by atoms with E-state index >= 15 is 0 Å². The molecule has 2 aromatic heterocycles. The molecular weight excluding hydrogens is 404 g/mol. The van der Waals surface area contributed by atoms with Crippen molar-refractivity contribution in [1.29, 1.82) is 0 Å². The number of esters is 1. The summed E-state index contributed by atoms with van der Waals surface area (Å²) in [5.41, 5.74) is 2.43. The minimum atomic E-state index is -4.08. The first-order valence-electron chi connectivity index (χ1n) is 9.91. The number of aryl methyl sites for hydroxylation is 1. The average molecular weight is 430 g/mol. The van der Waals surface area contributed by atoms with Crippen molar-refractivity contribution in [2.45, 2.75) is 25.3 Å². The molecule has 3 aromatic rings. The molecular formula is C21H24N4O4S. The van der Waals surface area contributed by atoms with Gasteiger partial charge in [0.2, 0.25) is 10.0 Å². The second-order valence-electron chi connectivity index (χ2n) is 6.56. The van der Waals surface area contributed by atoms with Gasteiger partial charge in [-0.15, -0.1) is 6.58 Å². The highest BCUT2D eigenvalue weighted by Gasteiger charge is 2.26. The topological polar surface area (TPSA) is 94.4 Å². The number of benzene rings is 1. The van der Waals surface area contributed by atoms with Crippen LogP contribution in [0.5, 0.6) is 0 Å². The van der Waals surface area contributed by atoms with E-state index in [-0.39, 0.29) is 24.1 Å². The van der Waals surface area contributed by atoms with Crippen molar-refractivity contribution in [2.24, 2.45) is 0 Å². The number of hydrogen-bond acceptors (Lipinski definition) is 6. The number of pyridine rings is 1. The molecule has 3 rings (SSSR count). The SMILES string of the molecule is [2H]c1cc(Cn2c(C)nc3cnccc32)ccc1S(=O)(=O)N(CC=C)CC(=O)OCC. The van der Waals surface area contributed by atoms with E-state index in [9.17, 15) is 13.2 Å². The van der Waals surface area contributed by atoms with Crippen molar-refractivity contribution in [1.82, 2.24) is 18.8 Å². The molecule has 0 atom stereocenters. The smallest absolute Gasteiger partial charge is 0.321 e. The minimum Gasteiger partial charge on any atom is -0.465 e. The summed E-state index contributed by atoms with van der Waals surface area (Å²) in [6.07, 6.45) is 4.75. The van der Waals surface area contributed by atoms with Crippen LogP contribution in [-0.2, 0) is 26.1 Å². The molecule has 0 fully saturated rings. The molecule has 0 unspecified atom stereocenters. The van der Waals surface area contributed by atoms with Crippen molar-refractivity contribution in [3.8, 4) is 0 Å². The maximum Gasteiger partial charge on any atom is 0.321 e. The van der Waals surface area contributed by atoms with Gasteiger partial charge in [0, 0.05) is 19.3 Å². The normalized spacial score (nSPS) is 12.2. The molecule has 30 heavy (non-hydrogen) atoms. The zero-order chi connectivity index (χ0) is 22.6. The van der Waals surface area contributed by atoms with Gasteiger partial charge < -0.3 is 9.30 Å². The van der Waals surface area contributed by atoms with E-state index in [1.165, 1.54) is 18.2 Å². The largest absolute Gasteiger partial charge is 0.465 e. The Balaban J connectivity index is 1.90. The van der Waals surface area contributed by atoms with Gasteiger partial charge in [0.1, 0.15) is 17.9 Å². The number of carbonyl (C=O) groups excluding carboxylic acids is 1. The standard InChI is InChI=1S/C21H24N4O4S/c1-4-12-24(15-21(26)29-5-2)30(27,28)18-8-6-17(7-9-18)14-25-16(3)23-19-13-22-11-10-20(19)25/h4,6-11,13H,1,5,12,14-15H2,2-3H3/i8D. The third-order valence-electron chi connectivity index (χ3n) is 4.49. The number of carbonyl (C=O) groups is 1. The van der Waals surface area contributed by atoms with Gasteiger partial charge in [-0.2, -0.15) is 4.31 Å². The zero-order valence-electron chi connectivity index (χ0n) is 17.9. The summed E-state index contributed by atoms with van der Waals surface area (Å²) in [6.45, 7) is 7.14. The lowest BCUT2D eigenvalue weighted by Gasteiger charge is -2.20. The average Bonchev–Trinajstić information content (AvgIpc) is 3.03. The maximum atomic E-state index is 13.1. The fourth-order valence-corrected chi connectivity index (χ4v) is 4.37. The van der Waals surface area contributed by atoms with E-state index in [2.05, 4.69) is 16.5 Å². The summed E-state index contributed by atoms with van der Waals surface area (Å²) >= 11 is 0. The predicted octanol–water partition coefficient (Wildman–Crippen LogP) is 2.53. The Labute approximate surface area is 177 Å². The molecule has 1 aromatic carbocycles. The lowest BCUT2D eigenvalue weighted by Crippen LogP contribution is -2.36. The van der Waals surface area contributed by atoms with E-state index in [4.69, 9.17) is 6.11 Å². The Morgan fingerprint density at radius 1 is 1.37 bits per heavy atom. The van der Waals surface area contributed by atoms with Crippen LogP contribution in [0, 0.1) is 6.92 Å². The fourth-order valence-electron chi connectivity index (χ4n) is 3.07. The van der Waals surface area contributed by atoms with Crippen LogP contribution in [0.3, 0.4) is 0 Å². The number of fused-ring (bicyclic) bond motifs is 1. The Bertz CT molecular complexity index is 1220. The summed E-state index contributed by atoms with van der Waals surface area (Å²) in [6, 6.07) is 6.27. The number of hydrogen-bond donors (Lipinski definition) is 0. The number of ether oxygens (including phenoxy) is 1. The molecule has 0 aliphatic carbocycles. The highest BCUT2D eigenvalue weighted by Crippen LogP contribution is 2.20. The molecule has 0 aliphatic heterocycles. The molecule has 0 radical (unpaired) electrons. The third-order valence-corrected chi connectivity index (χ3v) is 6.26. The van der Waals surface area contributed by atoms with Crippen molar-refractivity contribution >= 4 is 27.0 Å². The molecule has 2 heterocycles. The Hall–Kier alpha value is -3.04. The predicted molar refractivity (Wildman–Crippen MR) is 113 cm³/mol. The number of sulfonamides is 1. The van der Waals surface area contributed by atoms with Crippen LogP contribution in [0.15, 0.2) is 60.3 Å². The molecule has 0 spiro atoms. The molecule has 9 heteroatoms. The molecule has 8 nitrogen and oxygen atoms in total. The van der Waals surface area contributed by atoms with Gasteiger partial charge in [-0.25, -0.2) is 13.4 Å². The first-order valence-corrected chi connectivity index (χ1v) is 10.8. The molecule has 0 amide bonds. The number of imidazole rings is 1. The monoisotopic (exact) mass is 429 g/mol. The van der Waals surface area contributed by atoms with Gasteiger partial charge in [-0.3, -0.25) is 9.78 Å². The summed E-state index contributed by atoms with van der Waals surface area (Å²) in [5.74, 6) is 0.130. The summed E-state index contributed by atoms with van der Waals surface area (Å²) in [5, 5.41) is 0. The van der Waals surface area contributed by atoms with Gasteiger partial charge in [0.05, 0.1) is 24.6 Å². The van der Waals surface area contributed by atoms with Crippen LogP contribution in [-0.4, -0.2) is 52.9 Å². The maximum absolute atomic E-state index is 13.1. The van der Waals surface area contributed by atoms with Gasteiger partial charge in [-0.05, 0) is 37.6 Å². The molecule has 0 bridgehead atoms. The first kappa shape index (κ1) is 20.2. The molecule has 158 valence electrons. The van der Waals surface area contributed by atoms with Gasteiger partial charge in [-0.1, -0.05) is 18.2 Å². The molecule has 0 aliphatic rings. The van der Waals surface area contributed by atoms with Gasteiger partial charge in [0.15, 0.2) is 0 Å². The Morgan fingerprint density at radius 3 is 2.87 bits per heavy atom. The van der Waals surface area contributed by atoms with Crippen LogP contribution in [0.2, 0.25) is 0 Å². The van der Waals surface area contributed by atoms with Crippen LogP contribution in [0.25, 0.3) is 11.0 Å². The van der Waals surface area contributed by atoms with E-state index in [0.717, 1.165) is 26.7 Å². The quantitative estimate of drug-likeness (QED) is 0.383. The minimum absolute atomic E-state index is 0.0728. The summed E-state index contributed by atoms with van der Waals surface area (Å²) in [4.78, 5) is 20.2. The molecule has 0 N–H and O–H groups in total. The lowest BCUT2D eigenvalue weighted by atomic mass is 10.2. The van der Waals surface area contributed by atoms with E-state index in [0.29, 0.717) is 6.54 Å². The second-order valence-corrected chi connectivity index (χ2v) is 8.47. The van der Waals surface area contributed by atoms with E-state index in [1.54, 1.807) is 25.4 Å². The number of nitrogens with zero attached hydrogens (tertiary/aromatic N) is 4. The highest BCUT2D eigenvalue weighted by molar-refractivity contribution is 7.89. The zero-order valence-corrected chi connectivity index (χ0v) is 17.7. The van der Waals surface area contributed by atoms with Crippen LogP contribution >= 0.6 is 0 Å².